The first-order valence-electron chi connectivity index (χ1n) is 7.38. The van der Waals surface area contributed by atoms with E-state index in [2.05, 4.69) is 46.0 Å². The third-order valence-corrected chi connectivity index (χ3v) is 4.43. The van der Waals surface area contributed by atoms with Crippen LogP contribution in [-0.4, -0.2) is 70.8 Å². The van der Waals surface area contributed by atoms with Crippen molar-refractivity contribution in [3.8, 4) is 0 Å². The average molecular weight is 447 g/mol. The second-order valence-corrected chi connectivity index (χ2v) is 7.77. The molecule has 0 saturated carbocycles. The molecule has 0 amide bonds. The number of hydrogen-bond acceptors (Lipinski definition) is 4. The van der Waals surface area contributed by atoms with Gasteiger partial charge in [0.2, 0.25) is 10.0 Å². The molecule has 2 unspecified atom stereocenters. The Morgan fingerprint density at radius 3 is 2.41 bits per heavy atom. The summed E-state index contributed by atoms with van der Waals surface area (Å²) in [7, 11) is -1.41. The zero-order valence-electron chi connectivity index (χ0n) is 14.1. The van der Waals surface area contributed by atoms with Gasteiger partial charge in [0.15, 0.2) is 5.96 Å². The van der Waals surface area contributed by atoms with Gasteiger partial charge >= 0.3 is 0 Å². The van der Waals surface area contributed by atoms with Crippen molar-refractivity contribution in [3.05, 3.63) is 0 Å². The predicted octanol–water partition coefficient (Wildman–Crippen LogP) is 0.0473. The molecule has 3 N–H and O–H groups in total. The van der Waals surface area contributed by atoms with E-state index in [1.165, 1.54) is 0 Å². The molecule has 0 aromatic carbocycles. The fourth-order valence-electron chi connectivity index (χ4n) is 2.40. The van der Waals surface area contributed by atoms with E-state index in [-0.39, 0.29) is 24.0 Å². The minimum atomic E-state index is -3.13. The highest BCUT2D eigenvalue weighted by atomic mass is 127. The van der Waals surface area contributed by atoms with Crippen LogP contribution in [0.15, 0.2) is 4.99 Å². The molecule has 0 aromatic rings. The van der Waals surface area contributed by atoms with Crippen molar-refractivity contribution >= 4 is 40.0 Å². The Balaban J connectivity index is 0.00000441. The molecule has 1 aliphatic rings. The molecular formula is C13H30IN5O2S. The van der Waals surface area contributed by atoms with Crippen LogP contribution in [0.4, 0.5) is 0 Å². The molecule has 1 rings (SSSR count). The number of rotatable bonds is 6. The average Bonchev–Trinajstić information content (AvgIpc) is 2.73. The van der Waals surface area contributed by atoms with Gasteiger partial charge in [-0.3, -0.25) is 9.89 Å². The first kappa shape index (κ1) is 21.9. The number of likely N-dealkylation sites (tertiary alicyclic amines) is 1. The Morgan fingerprint density at radius 2 is 1.95 bits per heavy atom. The first-order chi connectivity index (χ1) is 9.73. The van der Waals surface area contributed by atoms with Crippen molar-refractivity contribution in [2.45, 2.75) is 32.9 Å². The topological polar surface area (TPSA) is 85.8 Å². The summed E-state index contributed by atoms with van der Waals surface area (Å²) in [5, 5.41) is 6.54. The van der Waals surface area contributed by atoms with Crippen molar-refractivity contribution in [1.82, 2.24) is 20.3 Å². The van der Waals surface area contributed by atoms with Crippen LogP contribution < -0.4 is 15.4 Å². The van der Waals surface area contributed by atoms with E-state index in [1.807, 2.05) is 0 Å². The molecule has 1 aliphatic heterocycles. The zero-order chi connectivity index (χ0) is 16.0. The van der Waals surface area contributed by atoms with Gasteiger partial charge in [0.05, 0.1) is 6.26 Å². The zero-order valence-corrected chi connectivity index (χ0v) is 17.2. The Morgan fingerprint density at radius 1 is 1.32 bits per heavy atom. The number of nitrogens with one attached hydrogen (secondary N) is 3. The highest BCUT2D eigenvalue weighted by Gasteiger charge is 2.31. The standard InChI is InChI=1S/C13H29N5O2S.HI/c1-10(2)18-8-11(3)12(9-18)17-13(14-4)15-6-7-16-21(5,19)20;/h10-12,16H,6-9H2,1-5H3,(H2,14,15,17);1H. The second-order valence-electron chi connectivity index (χ2n) is 5.94. The molecule has 0 spiro atoms. The van der Waals surface area contributed by atoms with E-state index in [4.69, 9.17) is 0 Å². The van der Waals surface area contributed by atoms with E-state index in [1.54, 1.807) is 7.05 Å². The van der Waals surface area contributed by atoms with Crippen molar-refractivity contribution in [2.75, 3.05) is 39.5 Å². The minimum Gasteiger partial charge on any atom is -0.355 e. The van der Waals surface area contributed by atoms with E-state index in [0.29, 0.717) is 37.1 Å². The van der Waals surface area contributed by atoms with Gasteiger partial charge in [-0.15, -0.1) is 24.0 Å². The van der Waals surface area contributed by atoms with Crippen LogP contribution >= 0.6 is 24.0 Å². The van der Waals surface area contributed by atoms with Gasteiger partial charge in [-0.05, 0) is 19.8 Å². The van der Waals surface area contributed by atoms with E-state index >= 15 is 0 Å². The van der Waals surface area contributed by atoms with E-state index < -0.39 is 10.0 Å². The molecule has 9 heteroatoms. The predicted molar refractivity (Wildman–Crippen MR) is 102 cm³/mol. The molecule has 0 aromatic heterocycles. The molecule has 1 fully saturated rings. The molecule has 132 valence electrons. The highest BCUT2D eigenvalue weighted by molar-refractivity contribution is 14.0. The van der Waals surface area contributed by atoms with Gasteiger partial charge in [0, 0.05) is 45.3 Å². The third kappa shape index (κ3) is 7.93. The number of halogens is 1. The van der Waals surface area contributed by atoms with Crippen molar-refractivity contribution < 1.29 is 8.42 Å². The molecule has 0 aliphatic carbocycles. The smallest absolute Gasteiger partial charge is 0.208 e. The van der Waals surface area contributed by atoms with Crippen LogP contribution in [0.1, 0.15) is 20.8 Å². The number of sulfonamides is 1. The Bertz CT molecular complexity index is 455. The summed E-state index contributed by atoms with van der Waals surface area (Å²) >= 11 is 0. The van der Waals surface area contributed by atoms with Crippen molar-refractivity contribution in [3.63, 3.8) is 0 Å². The van der Waals surface area contributed by atoms with E-state index in [9.17, 15) is 8.42 Å². The Kier molecular flexibility index (Phi) is 9.83. The molecular weight excluding hydrogens is 417 g/mol. The van der Waals surface area contributed by atoms with Crippen LogP contribution in [0.2, 0.25) is 0 Å². The summed E-state index contributed by atoms with van der Waals surface area (Å²) in [5.41, 5.74) is 0. The van der Waals surface area contributed by atoms with Crippen LogP contribution in [0, 0.1) is 5.92 Å². The van der Waals surface area contributed by atoms with Gasteiger partial charge in [-0.2, -0.15) is 0 Å². The molecule has 1 heterocycles. The Hall–Kier alpha value is -0.130. The summed E-state index contributed by atoms with van der Waals surface area (Å²) in [6.07, 6.45) is 1.15. The maximum atomic E-state index is 11.0. The van der Waals surface area contributed by atoms with Crippen LogP contribution in [0.25, 0.3) is 0 Å². The maximum absolute atomic E-state index is 11.0. The van der Waals surface area contributed by atoms with Gasteiger partial charge < -0.3 is 10.6 Å². The molecule has 7 nitrogen and oxygen atoms in total. The highest BCUT2D eigenvalue weighted by Crippen LogP contribution is 2.18. The van der Waals surface area contributed by atoms with Gasteiger partial charge in [0.25, 0.3) is 0 Å². The van der Waals surface area contributed by atoms with Crippen LogP contribution in [0.3, 0.4) is 0 Å². The van der Waals surface area contributed by atoms with Gasteiger partial charge in [0.1, 0.15) is 0 Å². The molecule has 0 bridgehead atoms. The second kappa shape index (κ2) is 9.89. The number of hydrogen-bond donors (Lipinski definition) is 3. The number of nitrogens with zero attached hydrogens (tertiary/aromatic N) is 2. The third-order valence-electron chi connectivity index (χ3n) is 3.70. The summed E-state index contributed by atoms with van der Waals surface area (Å²) in [6, 6.07) is 0.912. The Labute approximate surface area is 151 Å². The van der Waals surface area contributed by atoms with Gasteiger partial charge in [-0.1, -0.05) is 6.92 Å². The summed E-state index contributed by atoms with van der Waals surface area (Å²) in [6.45, 7) is 9.58. The fraction of sp³-hybridized carbons (Fsp3) is 0.923. The minimum absolute atomic E-state index is 0. The van der Waals surface area contributed by atoms with Crippen LogP contribution in [0.5, 0.6) is 0 Å². The summed E-state index contributed by atoms with van der Waals surface area (Å²) < 4.78 is 24.4. The molecule has 22 heavy (non-hydrogen) atoms. The lowest BCUT2D eigenvalue weighted by Crippen LogP contribution is -2.48. The molecule has 1 saturated heterocycles. The quantitative estimate of drug-likeness (QED) is 0.232. The first-order valence-corrected chi connectivity index (χ1v) is 9.28. The SMILES string of the molecule is CN=C(NCCNS(C)(=O)=O)NC1CN(C(C)C)CC1C.I. The van der Waals surface area contributed by atoms with Crippen molar-refractivity contribution in [2.24, 2.45) is 10.9 Å². The largest absolute Gasteiger partial charge is 0.355 e. The lowest BCUT2D eigenvalue weighted by molar-refractivity contribution is 0.265. The molecule has 2 atom stereocenters. The number of guanidine groups is 1. The summed E-state index contributed by atoms with van der Waals surface area (Å²) in [5.74, 6) is 1.27. The lowest BCUT2D eigenvalue weighted by Gasteiger charge is -2.21. The van der Waals surface area contributed by atoms with E-state index in [0.717, 1.165) is 19.3 Å². The lowest BCUT2D eigenvalue weighted by atomic mass is 10.1. The normalized spacial score (nSPS) is 23.5. The van der Waals surface area contributed by atoms with Crippen molar-refractivity contribution in [1.29, 1.82) is 0 Å². The maximum Gasteiger partial charge on any atom is 0.208 e. The summed E-state index contributed by atoms with van der Waals surface area (Å²) in [4.78, 5) is 6.63. The number of aliphatic imine (C=N–C) groups is 1. The van der Waals surface area contributed by atoms with Gasteiger partial charge in [-0.25, -0.2) is 13.1 Å². The monoisotopic (exact) mass is 447 g/mol. The fourth-order valence-corrected chi connectivity index (χ4v) is 2.87. The molecule has 0 radical (unpaired) electrons. The van der Waals surface area contributed by atoms with Crippen LogP contribution in [-0.2, 0) is 10.0 Å².